The first-order valence-corrected chi connectivity index (χ1v) is 10.4. The zero-order valence-corrected chi connectivity index (χ0v) is 16.9. The van der Waals surface area contributed by atoms with Crippen LogP contribution in [0.5, 0.6) is 0 Å². The fourth-order valence-electron chi connectivity index (χ4n) is 4.44. The monoisotopic (exact) mass is 427 g/mol. The fraction of sp³-hybridized carbons (Fsp3) is 0.174. The van der Waals surface area contributed by atoms with E-state index in [0.29, 0.717) is 23.6 Å². The highest BCUT2D eigenvalue weighted by Gasteiger charge is 2.39. The van der Waals surface area contributed by atoms with Crippen LogP contribution in [0.25, 0.3) is 16.9 Å². The van der Waals surface area contributed by atoms with Crippen molar-refractivity contribution in [3.8, 4) is 16.9 Å². The predicted molar refractivity (Wildman–Crippen MR) is 114 cm³/mol. The number of carbonyl (C=O) groups is 1. The Morgan fingerprint density at radius 3 is 2.66 bits per heavy atom. The SMILES string of the molecule is O=C1CCCC2=C1[C@H](c1cn(-c3ccccc3)nc1-c1ccc(F)cc1)n1nnnc1N2. The van der Waals surface area contributed by atoms with Crippen LogP contribution in [0.2, 0.25) is 0 Å². The molecule has 0 fully saturated rings. The molecule has 9 heteroatoms. The number of Topliss-reactive ketones (excluding diaryl/α,β-unsaturated/α-hetero) is 1. The van der Waals surface area contributed by atoms with Gasteiger partial charge in [-0.05, 0) is 59.7 Å². The lowest BCUT2D eigenvalue weighted by atomic mass is 9.85. The molecule has 4 aromatic rings. The third-order valence-corrected chi connectivity index (χ3v) is 5.91. The van der Waals surface area contributed by atoms with Crippen LogP contribution in [-0.4, -0.2) is 35.8 Å². The van der Waals surface area contributed by atoms with Crippen molar-refractivity contribution in [3.05, 3.63) is 83.4 Å². The van der Waals surface area contributed by atoms with Crippen LogP contribution < -0.4 is 5.32 Å². The lowest BCUT2D eigenvalue weighted by molar-refractivity contribution is -0.116. The summed E-state index contributed by atoms with van der Waals surface area (Å²) in [5, 5.41) is 20.2. The van der Waals surface area contributed by atoms with E-state index in [1.54, 1.807) is 21.5 Å². The maximum absolute atomic E-state index is 13.6. The van der Waals surface area contributed by atoms with Crippen LogP contribution in [0, 0.1) is 5.82 Å². The van der Waals surface area contributed by atoms with Gasteiger partial charge in [0.25, 0.3) is 0 Å². The van der Waals surface area contributed by atoms with Gasteiger partial charge in [-0.25, -0.2) is 9.07 Å². The predicted octanol–water partition coefficient (Wildman–Crippen LogP) is 3.69. The molecule has 2 aliphatic rings. The van der Waals surface area contributed by atoms with Crippen molar-refractivity contribution in [1.29, 1.82) is 0 Å². The molecule has 6 rings (SSSR count). The highest BCUT2D eigenvalue weighted by Crippen LogP contribution is 2.42. The van der Waals surface area contributed by atoms with E-state index in [-0.39, 0.29) is 11.6 Å². The Morgan fingerprint density at radius 1 is 1.03 bits per heavy atom. The molecule has 2 aromatic carbocycles. The van der Waals surface area contributed by atoms with E-state index in [4.69, 9.17) is 5.10 Å². The van der Waals surface area contributed by atoms with E-state index < -0.39 is 6.04 Å². The standard InChI is InChI=1S/C23H18FN7O/c24-15-11-9-14(10-12-15)21-17(13-30(27-21)16-5-2-1-3-6-16)22-20-18(7-4-8-19(20)32)25-23-26-28-29-31(22)23/h1-3,5-6,9-13,22H,4,7-8H2,(H,25,26,29)/t22-/m0/s1. The van der Waals surface area contributed by atoms with E-state index in [0.717, 1.165) is 35.4 Å². The van der Waals surface area contributed by atoms with Crippen LogP contribution in [0.4, 0.5) is 10.3 Å². The molecule has 32 heavy (non-hydrogen) atoms. The number of rotatable bonds is 3. The number of aromatic nitrogens is 6. The molecule has 0 spiro atoms. The minimum Gasteiger partial charge on any atom is -0.326 e. The zero-order chi connectivity index (χ0) is 21.7. The van der Waals surface area contributed by atoms with Crippen LogP contribution in [-0.2, 0) is 4.79 Å². The van der Waals surface area contributed by atoms with Crippen molar-refractivity contribution in [1.82, 2.24) is 30.0 Å². The molecule has 1 atom stereocenters. The number of ketones is 1. The second kappa shape index (κ2) is 7.23. The molecule has 8 nitrogen and oxygen atoms in total. The van der Waals surface area contributed by atoms with E-state index in [2.05, 4.69) is 20.8 Å². The van der Waals surface area contributed by atoms with Gasteiger partial charge in [-0.15, -0.1) is 0 Å². The van der Waals surface area contributed by atoms with E-state index >= 15 is 0 Å². The van der Waals surface area contributed by atoms with Gasteiger partial charge >= 0.3 is 0 Å². The maximum atomic E-state index is 13.6. The van der Waals surface area contributed by atoms with Gasteiger partial charge in [0.1, 0.15) is 11.9 Å². The molecule has 0 bridgehead atoms. The third-order valence-electron chi connectivity index (χ3n) is 5.91. The van der Waals surface area contributed by atoms with Crippen molar-refractivity contribution in [3.63, 3.8) is 0 Å². The summed E-state index contributed by atoms with van der Waals surface area (Å²) in [7, 11) is 0. The van der Waals surface area contributed by atoms with Gasteiger partial charge in [0, 0.05) is 35.0 Å². The molecule has 0 amide bonds. The molecule has 0 saturated heterocycles. The number of anilines is 1. The number of tetrazole rings is 1. The molecule has 1 N–H and O–H groups in total. The Balaban J connectivity index is 1.60. The van der Waals surface area contributed by atoms with E-state index in [1.165, 1.54) is 12.1 Å². The Kier molecular flexibility index (Phi) is 4.20. The minimum absolute atomic E-state index is 0.0717. The normalized spacial score (nSPS) is 17.7. The van der Waals surface area contributed by atoms with Crippen LogP contribution in [0.15, 0.2) is 72.1 Å². The van der Waals surface area contributed by atoms with E-state index in [9.17, 15) is 9.18 Å². The number of nitrogens with zero attached hydrogens (tertiary/aromatic N) is 6. The lowest BCUT2D eigenvalue weighted by Gasteiger charge is -2.31. The summed E-state index contributed by atoms with van der Waals surface area (Å²) in [6.45, 7) is 0. The molecular formula is C23H18FN7O. The van der Waals surface area contributed by atoms with Gasteiger partial charge in [-0.3, -0.25) is 4.79 Å². The van der Waals surface area contributed by atoms with Crippen LogP contribution in [0.3, 0.4) is 0 Å². The molecule has 1 aliphatic carbocycles. The van der Waals surface area contributed by atoms with Gasteiger partial charge in [0.15, 0.2) is 5.78 Å². The summed E-state index contributed by atoms with van der Waals surface area (Å²) < 4.78 is 17.0. The number of carbonyl (C=O) groups excluding carboxylic acids is 1. The van der Waals surface area contributed by atoms with E-state index in [1.807, 2.05) is 36.5 Å². The first-order valence-electron chi connectivity index (χ1n) is 10.4. The molecule has 0 unspecified atom stereocenters. The Bertz CT molecular complexity index is 1350. The maximum Gasteiger partial charge on any atom is 0.248 e. The van der Waals surface area contributed by atoms with Crippen LogP contribution in [0.1, 0.15) is 30.9 Å². The number of allylic oxidation sites excluding steroid dienone is 2. The lowest BCUT2D eigenvalue weighted by Crippen LogP contribution is -2.31. The fourth-order valence-corrected chi connectivity index (χ4v) is 4.44. The molecule has 1 aliphatic heterocycles. The first kappa shape index (κ1) is 18.6. The highest BCUT2D eigenvalue weighted by molar-refractivity contribution is 5.99. The number of hydrogen-bond donors (Lipinski definition) is 1. The topological polar surface area (TPSA) is 90.5 Å². The summed E-state index contributed by atoms with van der Waals surface area (Å²) >= 11 is 0. The molecule has 2 aromatic heterocycles. The summed E-state index contributed by atoms with van der Waals surface area (Å²) in [5.74, 6) is 0.234. The number of benzene rings is 2. The summed E-state index contributed by atoms with van der Waals surface area (Å²) in [6, 6.07) is 15.4. The summed E-state index contributed by atoms with van der Waals surface area (Å²) in [4.78, 5) is 13.1. The number of fused-ring (bicyclic) bond motifs is 1. The Hall–Kier alpha value is -4.14. The number of para-hydroxylation sites is 1. The van der Waals surface area contributed by atoms with Crippen molar-refractivity contribution in [2.45, 2.75) is 25.3 Å². The second-order valence-electron chi connectivity index (χ2n) is 7.86. The highest BCUT2D eigenvalue weighted by atomic mass is 19.1. The molecular weight excluding hydrogens is 409 g/mol. The van der Waals surface area contributed by atoms with Crippen molar-refractivity contribution < 1.29 is 9.18 Å². The number of hydrogen-bond acceptors (Lipinski definition) is 6. The molecule has 0 radical (unpaired) electrons. The summed E-state index contributed by atoms with van der Waals surface area (Å²) in [6.07, 6.45) is 3.92. The van der Waals surface area contributed by atoms with Gasteiger partial charge in [-0.2, -0.15) is 9.78 Å². The Labute approximate surface area is 182 Å². The second-order valence-corrected chi connectivity index (χ2v) is 7.86. The van der Waals surface area contributed by atoms with Gasteiger partial charge in [-0.1, -0.05) is 23.3 Å². The largest absolute Gasteiger partial charge is 0.326 e. The van der Waals surface area contributed by atoms with Gasteiger partial charge < -0.3 is 5.32 Å². The van der Waals surface area contributed by atoms with Gasteiger partial charge in [0.05, 0.1) is 11.4 Å². The van der Waals surface area contributed by atoms with Gasteiger partial charge in [0.2, 0.25) is 5.95 Å². The molecule has 3 heterocycles. The molecule has 158 valence electrons. The minimum atomic E-state index is -0.526. The van der Waals surface area contributed by atoms with Crippen molar-refractivity contribution in [2.24, 2.45) is 0 Å². The number of nitrogens with one attached hydrogen (secondary N) is 1. The average molecular weight is 427 g/mol. The third kappa shape index (κ3) is 2.93. The average Bonchev–Trinajstić information content (AvgIpc) is 3.46. The van der Waals surface area contributed by atoms with Crippen molar-refractivity contribution >= 4 is 11.7 Å². The van der Waals surface area contributed by atoms with Crippen molar-refractivity contribution in [2.75, 3.05) is 5.32 Å². The first-order chi connectivity index (χ1) is 15.7. The summed E-state index contributed by atoms with van der Waals surface area (Å²) in [5.41, 5.74) is 4.55. The quantitative estimate of drug-likeness (QED) is 0.536. The van der Waals surface area contributed by atoms with Crippen LogP contribution >= 0.6 is 0 Å². The Morgan fingerprint density at radius 2 is 1.84 bits per heavy atom. The smallest absolute Gasteiger partial charge is 0.248 e. The molecule has 0 saturated carbocycles. The number of halogens is 1. The zero-order valence-electron chi connectivity index (χ0n) is 16.9.